The third-order valence-electron chi connectivity index (χ3n) is 1.85. The van der Waals surface area contributed by atoms with Gasteiger partial charge >= 0.3 is 6.80 Å². The molecule has 96 valence electrons. The molecule has 6 heteroatoms. The minimum Gasteiger partial charge on any atom is -0.301 e. The van der Waals surface area contributed by atoms with Crippen LogP contribution in [-0.4, -0.2) is 19.5 Å². The first-order chi connectivity index (χ1) is 8.13. The predicted octanol–water partition coefficient (Wildman–Crippen LogP) is 4.68. The lowest BCUT2D eigenvalue weighted by Gasteiger charge is -2.15. The highest BCUT2D eigenvalue weighted by atomic mass is 32.7. The van der Waals surface area contributed by atoms with Gasteiger partial charge in [-0.25, -0.2) is 4.57 Å². The minimum atomic E-state index is -3.05. The summed E-state index contributed by atoms with van der Waals surface area (Å²) in [5.41, 5.74) is 0. The highest BCUT2D eigenvalue weighted by Crippen LogP contribution is 2.63. The van der Waals surface area contributed by atoms with E-state index in [0.717, 1.165) is 16.3 Å². The van der Waals surface area contributed by atoms with E-state index in [1.165, 1.54) is 4.90 Å². The minimum absolute atomic E-state index is 0.382. The molecule has 1 aromatic carbocycles. The summed E-state index contributed by atoms with van der Waals surface area (Å²) >= 11 is 2.84. The van der Waals surface area contributed by atoms with Crippen molar-refractivity contribution >= 4 is 29.9 Å². The van der Waals surface area contributed by atoms with E-state index in [9.17, 15) is 4.57 Å². The smallest absolute Gasteiger partial charge is 0.301 e. The molecule has 17 heavy (non-hydrogen) atoms. The van der Waals surface area contributed by atoms with Crippen molar-refractivity contribution in [2.45, 2.75) is 23.6 Å². The highest BCUT2D eigenvalue weighted by molar-refractivity contribution is 8.55. The van der Waals surface area contributed by atoms with Gasteiger partial charge in [0.2, 0.25) is 0 Å². The summed E-state index contributed by atoms with van der Waals surface area (Å²) in [6, 6.07) is 7.85. The molecule has 0 N–H and O–H groups in total. The van der Waals surface area contributed by atoms with Gasteiger partial charge in [0.05, 0.1) is 13.2 Å². The molecular formula is C11H17O3PS2. The van der Waals surface area contributed by atoms with Gasteiger partial charge in [-0.1, -0.05) is 0 Å². The average molecular weight is 292 g/mol. The lowest BCUT2D eigenvalue weighted by molar-refractivity contribution is 0.237. The molecule has 0 atom stereocenters. The molecule has 0 amide bonds. The summed E-state index contributed by atoms with van der Waals surface area (Å²) in [4.78, 5) is 2.07. The Bertz CT molecular complexity index is 371. The van der Waals surface area contributed by atoms with Gasteiger partial charge in [0.1, 0.15) is 0 Å². The average Bonchev–Trinajstić information content (AvgIpc) is 2.30. The number of thioether (sulfide) groups is 1. The quantitative estimate of drug-likeness (QED) is 0.538. The molecule has 0 aliphatic heterocycles. The summed E-state index contributed by atoms with van der Waals surface area (Å²) < 4.78 is 22.7. The molecular weight excluding hydrogens is 275 g/mol. The second-order valence-electron chi connectivity index (χ2n) is 3.05. The molecule has 0 aliphatic rings. The summed E-state index contributed by atoms with van der Waals surface area (Å²) in [5, 5.41) is 0. The molecule has 0 spiro atoms. The van der Waals surface area contributed by atoms with Gasteiger partial charge in [0, 0.05) is 9.79 Å². The Kier molecular flexibility index (Phi) is 6.67. The van der Waals surface area contributed by atoms with E-state index in [1.54, 1.807) is 11.8 Å². The topological polar surface area (TPSA) is 35.5 Å². The first-order valence-corrected chi connectivity index (χ1v) is 9.55. The maximum Gasteiger partial charge on any atom is 0.393 e. The van der Waals surface area contributed by atoms with Crippen LogP contribution in [0, 0.1) is 0 Å². The van der Waals surface area contributed by atoms with Crippen LogP contribution in [0.25, 0.3) is 0 Å². The predicted molar refractivity (Wildman–Crippen MR) is 74.9 cm³/mol. The zero-order chi connectivity index (χ0) is 12.7. The van der Waals surface area contributed by atoms with E-state index in [0.29, 0.717) is 13.2 Å². The first kappa shape index (κ1) is 15.1. The van der Waals surface area contributed by atoms with Crippen molar-refractivity contribution in [3.05, 3.63) is 24.3 Å². The van der Waals surface area contributed by atoms with Crippen LogP contribution in [0.3, 0.4) is 0 Å². The summed E-state index contributed by atoms with van der Waals surface area (Å²) in [6.07, 6.45) is 2.02. The molecule has 0 saturated carbocycles. The van der Waals surface area contributed by atoms with Crippen molar-refractivity contribution in [1.82, 2.24) is 0 Å². The molecule has 0 aliphatic carbocycles. The van der Waals surface area contributed by atoms with Crippen LogP contribution >= 0.6 is 29.9 Å². The third kappa shape index (κ3) is 5.06. The summed E-state index contributed by atoms with van der Waals surface area (Å²) in [6.45, 7) is 1.33. The van der Waals surface area contributed by atoms with Crippen LogP contribution in [0.5, 0.6) is 0 Å². The maximum absolute atomic E-state index is 12.3. The molecule has 3 nitrogen and oxygen atoms in total. The molecule has 0 heterocycles. The summed E-state index contributed by atoms with van der Waals surface area (Å²) in [7, 11) is 0. The Hall–Kier alpha value is 0.0700. The van der Waals surface area contributed by atoms with Gasteiger partial charge in [-0.05, 0) is 55.8 Å². The lowest BCUT2D eigenvalue weighted by Crippen LogP contribution is -1.92. The van der Waals surface area contributed by atoms with Gasteiger partial charge in [0.25, 0.3) is 0 Å². The fourth-order valence-corrected chi connectivity index (χ4v) is 5.00. The molecule has 0 radical (unpaired) electrons. The van der Waals surface area contributed by atoms with Crippen LogP contribution in [0.15, 0.2) is 34.1 Å². The Labute approximate surface area is 111 Å². The molecule has 1 rings (SSSR count). The van der Waals surface area contributed by atoms with Crippen molar-refractivity contribution in [3.63, 3.8) is 0 Å². The standard InChI is InChI=1S/C11H17O3PS2/c1-4-13-15(12,14-5-2)17-11-8-6-10(16-3)7-9-11/h6-9H,4-5H2,1-3H3. The third-order valence-corrected chi connectivity index (χ3v) is 6.39. The Morgan fingerprint density at radius 2 is 1.53 bits per heavy atom. The molecule has 0 aromatic heterocycles. The number of hydrogen-bond acceptors (Lipinski definition) is 5. The van der Waals surface area contributed by atoms with Gasteiger partial charge < -0.3 is 9.05 Å². The van der Waals surface area contributed by atoms with Crippen LogP contribution < -0.4 is 0 Å². The van der Waals surface area contributed by atoms with E-state index >= 15 is 0 Å². The Morgan fingerprint density at radius 3 is 1.94 bits per heavy atom. The maximum atomic E-state index is 12.3. The van der Waals surface area contributed by atoms with E-state index in [1.807, 2.05) is 44.4 Å². The van der Waals surface area contributed by atoms with E-state index in [2.05, 4.69) is 0 Å². The number of rotatable bonds is 7. The van der Waals surface area contributed by atoms with E-state index in [4.69, 9.17) is 9.05 Å². The van der Waals surface area contributed by atoms with Gasteiger partial charge in [-0.3, -0.25) is 0 Å². The lowest BCUT2D eigenvalue weighted by atomic mass is 10.4. The Morgan fingerprint density at radius 1 is 1.06 bits per heavy atom. The molecule has 0 fully saturated rings. The van der Waals surface area contributed by atoms with Gasteiger partial charge in [-0.15, -0.1) is 11.8 Å². The van der Waals surface area contributed by atoms with Crippen LogP contribution in [-0.2, 0) is 13.6 Å². The second-order valence-corrected chi connectivity index (χ2v) is 7.88. The SMILES string of the molecule is CCOP(=O)(OCC)Sc1ccc(SC)cc1. The van der Waals surface area contributed by atoms with Crippen LogP contribution in [0.4, 0.5) is 0 Å². The number of benzene rings is 1. The molecule has 0 saturated heterocycles. The zero-order valence-corrected chi connectivity index (χ0v) is 12.7. The Balaban J connectivity index is 2.75. The fraction of sp³-hybridized carbons (Fsp3) is 0.455. The zero-order valence-electron chi connectivity index (χ0n) is 10.2. The van der Waals surface area contributed by atoms with Crippen LogP contribution in [0.2, 0.25) is 0 Å². The van der Waals surface area contributed by atoms with Gasteiger partial charge in [0.15, 0.2) is 0 Å². The largest absolute Gasteiger partial charge is 0.393 e. The monoisotopic (exact) mass is 292 g/mol. The number of hydrogen-bond donors (Lipinski definition) is 0. The van der Waals surface area contributed by atoms with Crippen LogP contribution in [0.1, 0.15) is 13.8 Å². The summed E-state index contributed by atoms with van der Waals surface area (Å²) in [5.74, 6) is 0. The highest BCUT2D eigenvalue weighted by Gasteiger charge is 2.25. The van der Waals surface area contributed by atoms with Crippen molar-refractivity contribution in [3.8, 4) is 0 Å². The first-order valence-electron chi connectivity index (χ1n) is 5.36. The van der Waals surface area contributed by atoms with Gasteiger partial charge in [-0.2, -0.15) is 0 Å². The molecule has 0 unspecified atom stereocenters. The second kappa shape index (κ2) is 7.49. The van der Waals surface area contributed by atoms with Crippen molar-refractivity contribution < 1.29 is 13.6 Å². The fourth-order valence-electron chi connectivity index (χ4n) is 1.17. The van der Waals surface area contributed by atoms with E-state index < -0.39 is 6.80 Å². The van der Waals surface area contributed by atoms with Crippen molar-refractivity contribution in [2.24, 2.45) is 0 Å². The van der Waals surface area contributed by atoms with E-state index in [-0.39, 0.29) is 0 Å². The van der Waals surface area contributed by atoms with Crippen molar-refractivity contribution in [2.75, 3.05) is 19.5 Å². The normalized spacial score (nSPS) is 11.7. The van der Waals surface area contributed by atoms with Crippen molar-refractivity contribution in [1.29, 1.82) is 0 Å². The molecule has 1 aromatic rings. The molecule has 0 bridgehead atoms.